The van der Waals surface area contributed by atoms with Crippen LogP contribution in [0.15, 0.2) is 52.3 Å². The molecule has 2 aromatic carbocycles. The molecule has 2 rings (SSSR count). The highest BCUT2D eigenvalue weighted by atomic mass is 35.5. The molecule has 0 aliphatic heterocycles. The van der Waals surface area contributed by atoms with Crippen molar-refractivity contribution in [1.82, 2.24) is 0 Å². The van der Waals surface area contributed by atoms with Crippen LogP contribution in [-0.2, 0) is 9.84 Å². The highest BCUT2D eigenvalue weighted by molar-refractivity contribution is 7.91. The van der Waals surface area contributed by atoms with Crippen LogP contribution in [0.5, 0.6) is 0 Å². The van der Waals surface area contributed by atoms with E-state index in [4.69, 9.17) is 23.1 Å². The van der Waals surface area contributed by atoms with E-state index in [9.17, 15) is 8.42 Å². The first-order valence-electron chi connectivity index (χ1n) is 5.07. The minimum absolute atomic E-state index is 0.0408. The Hall–Kier alpha value is -1.72. The van der Waals surface area contributed by atoms with Gasteiger partial charge in [0.25, 0.3) is 0 Å². The molecule has 0 aromatic heterocycles. The quantitative estimate of drug-likeness (QED) is 0.828. The number of nitrogens with two attached hydrogens (primary N) is 2. The van der Waals surface area contributed by atoms with Crippen molar-refractivity contribution in [3.8, 4) is 0 Å². The van der Waals surface area contributed by atoms with Crippen LogP contribution >= 0.6 is 11.6 Å². The number of sulfone groups is 1. The fourth-order valence-electron chi connectivity index (χ4n) is 1.55. The van der Waals surface area contributed by atoms with E-state index in [1.807, 2.05) is 0 Å². The van der Waals surface area contributed by atoms with E-state index >= 15 is 0 Å². The van der Waals surface area contributed by atoms with Crippen LogP contribution in [0.2, 0.25) is 5.02 Å². The van der Waals surface area contributed by atoms with Gasteiger partial charge in [0, 0.05) is 10.7 Å². The van der Waals surface area contributed by atoms with Gasteiger partial charge >= 0.3 is 0 Å². The van der Waals surface area contributed by atoms with Crippen molar-refractivity contribution in [3.63, 3.8) is 0 Å². The summed E-state index contributed by atoms with van der Waals surface area (Å²) >= 11 is 5.72. The molecule has 0 aliphatic carbocycles. The SMILES string of the molecule is Nc1ccc(S(=O)(=O)c2ccc(Cl)cc2)c(N)c1. The van der Waals surface area contributed by atoms with Gasteiger partial charge in [-0.1, -0.05) is 11.6 Å². The number of hydrogen-bond donors (Lipinski definition) is 2. The number of hydrogen-bond acceptors (Lipinski definition) is 4. The molecule has 4 N–H and O–H groups in total. The maximum absolute atomic E-state index is 12.3. The average molecular weight is 283 g/mol. The number of benzene rings is 2. The Morgan fingerprint density at radius 2 is 1.56 bits per heavy atom. The maximum Gasteiger partial charge on any atom is 0.208 e. The largest absolute Gasteiger partial charge is 0.399 e. The fraction of sp³-hybridized carbons (Fsp3) is 0. The van der Waals surface area contributed by atoms with E-state index in [2.05, 4.69) is 0 Å². The summed E-state index contributed by atoms with van der Waals surface area (Å²) < 4.78 is 24.6. The van der Waals surface area contributed by atoms with Gasteiger partial charge in [-0.3, -0.25) is 0 Å². The third-order valence-corrected chi connectivity index (χ3v) is 4.54. The first kappa shape index (κ1) is 12.7. The summed E-state index contributed by atoms with van der Waals surface area (Å²) in [5, 5.41) is 0.472. The number of anilines is 2. The van der Waals surface area contributed by atoms with Gasteiger partial charge in [0.05, 0.1) is 15.5 Å². The van der Waals surface area contributed by atoms with E-state index < -0.39 is 9.84 Å². The van der Waals surface area contributed by atoms with Crippen molar-refractivity contribution in [2.75, 3.05) is 11.5 Å². The molecule has 0 amide bonds. The van der Waals surface area contributed by atoms with Crippen LogP contribution in [0, 0.1) is 0 Å². The zero-order chi connectivity index (χ0) is 13.3. The molecule has 0 heterocycles. The molecular weight excluding hydrogens is 272 g/mol. The fourth-order valence-corrected chi connectivity index (χ4v) is 3.04. The molecule has 2 aromatic rings. The summed E-state index contributed by atoms with van der Waals surface area (Å²) in [4.78, 5) is 0.183. The van der Waals surface area contributed by atoms with E-state index in [1.54, 1.807) is 0 Å². The van der Waals surface area contributed by atoms with Gasteiger partial charge in [-0.25, -0.2) is 8.42 Å². The maximum atomic E-state index is 12.3. The van der Waals surface area contributed by atoms with E-state index in [1.165, 1.54) is 42.5 Å². The van der Waals surface area contributed by atoms with Gasteiger partial charge in [-0.15, -0.1) is 0 Å². The van der Waals surface area contributed by atoms with Crippen LogP contribution in [0.3, 0.4) is 0 Å². The minimum atomic E-state index is -3.64. The Bertz CT molecular complexity index is 682. The highest BCUT2D eigenvalue weighted by Crippen LogP contribution is 2.27. The van der Waals surface area contributed by atoms with Crippen molar-refractivity contribution < 1.29 is 8.42 Å². The van der Waals surface area contributed by atoms with Gasteiger partial charge in [-0.2, -0.15) is 0 Å². The Morgan fingerprint density at radius 3 is 2.11 bits per heavy atom. The molecule has 0 atom stereocenters. The topological polar surface area (TPSA) is 86.2 Å². The predicted octanol–water partition coefficient (Wildman–Crippen LogP) is 2.34. The van der Waals surface area contributed by atoms with Crippen LogP contribution in [0.4, 0.5) is 11.4 Å². The molecule has 0 fully saturated rings. The lowest BCUT2D eigenvalue weighted by atomic mass is 10.3. The standard InChI is InChI=1S/C12H11ClN2O2S/c13-8-1-4-10(5-2-8)18(16,17)12-6-3-9(14)7-11(12)15/h1-7H,14-15H2. The van der Waals surface area contributed by atoms with Crippen molar-refractivity contribution in [2.24, 2.45) is 0 Å². The molecule has 0 aliphatic rings. The lowest BCUT2D eigenvalue weighted by molar-refractivity contribution is 0.596. The summed E-state index contributed by atoms with van der Waals surface area (Å²) in [6.07, 6.45) is 0. The van der Waals surface area contributed by atoms with E-state index in [0.29, 0.717) is 10.7 Å². The molecule has 0 saturated carbocycles. The third-order valence-electron chi connectivity index (χ3n) is 2.45. The lowest BCUT2D eigenvalue weighted by Crippen LogP contribution is -2.06. The van der Waals surface area contributed by atoms with Crippen LogP contribution in [-0.4, -0.2) is 8.42 Å². The summed E-state index contributed by atoms with van der Waals surface area (Å²) in [6, 6.07) is 10.2. The summed E-state index contributed by atoms with van der Waals surface area (Å²) in [5.74, 6) is 0. The molecular formula is C12H11ClN2O2S. The summed E-state index contributed by atoms with van der Waals surface area (Å²) in [7, 11) is -3.64. The third kappa shape index (κ3) is 2.27. The molecule has 18 heavy (non-hydrogen) atoms. The van der Waals surface area contributed by atoms with Crippen LogP contribution in [0.1, 0.15) is 0 Å². The van der Waals surface area contributed by atoms with Crippen LogP contribution < -0.4 is 11.5 Å². The first-order valence-corrected chi connectivity index (χ1v) is 6.93. The smallest absolute Gasteiger partial charge is 0.208 e. The van der Waals surface area contributed by atoms with Gasteiger partial charge < -0.3 is 11.5 Å². The van der Waals surface area contributed by atoms with Crippen molar-refractivity contribution in [2.45, 2.75) is 9.79 Å². The molecule has 0 bridgehead atoms. The second-order valence-corrected chi connectivity index (χ2v) is 6.11. The number of halogens is 1. The Kier molecular flexibility index (Phi) is 3.19. The summed E-state index contributed by atoms with van der Waals surface area (Å²) in [6.45, 7) is 0. The second kappa shape index (κ2) is 4.51. The normalized spacial score (nSPS) is 11.4. The molecule has 0 unspecified atom stereocenters. The first-order chi connectivity index (χ1) is 8.41. The zero-order valence-electron chi connectivity index (χ0n) is 9.30. The van der Waals surface area contributed by atoms with Crippen molar-refractivity contribution in [3.05, 3.63) is 47.5 Å². The van der Waals surface area contributed by atoms with E-state index in [-0.39, 0.29) is 15.5 Å². The number of rotatable bonds is 2. The molecule has 0 radical (unpaired) electrons. The van der Waals surface area contributed by atoms with Gasteiger partial charge in [0.2, 0.25) is 9.84 Å². The monoisotopic (exact) mass is 282 g/mol. The molecule has 4 nitrogen and oxygen atoms in total. The van der Waals surface area contributed by atoms with Crippen molar-refractivity contribution in [1.29, 1.82) is 0 Å². The van der Waals surface area contributed by atoms with E-state index in [0.717, 1.165) is 0 Å². The Labute approximate surface area is 110 Å². The molecule has 0 saturated heterocycles. The highest BCUT2D eigenvalue weighted by Gasteiger charge is 2.20. The molecule has 6 heteroatoms. The van der Waals surface area contributed by atoms with Gasteiger partial charge in [-0.05, 0) is 42.5 Å². The van der Waals surface area contributed by atoms with Gasteiger partial charge in [0.1, 0.15) is 0 Å². The summed E-state index contributed by atoms with van der Waals surface area (Å²) in [5.41, 5.74) is 11.8. The lowest BCUT2D eigenvalue weighted by Gasteiger charge is -2.08. The predicted molar refractivity (Wildman–Crippen MR) is 72.2 cm³/mol. The second-order valence-electron chi connectivity index (χ2n) is 3.75. The zero-order valence-corrected chi connectivity index (χ0v) is 10.9. The number of nitrogen functional groups attached to an aromatic ring is 2. The Balaban J connectivity index is 2.58. The Morgan fingerprint density at radius 1 is 0.944 bits per heavy atom. The molecule has 0 spiro atoms. The molecule has 94 valence electrons. The minimum Gasteiger partial charge on any atom is -0.399 e. The average Bonchev–Trinajstić information content (AvgIpc) is 2.29. The van der Waals surface area contributed by atoms with Crippen LogP contribution in [0.25, 0.3) is 0 Å². The van der Waals surface area contributed by atoms with Crippen molar-refractivity contribution >= 4 is 32.8 Å². The van der Waals surface area contributed by atoms with Gasteiger partial charge in [0.15, 0.2) is 0 Å².